The second kappa shape index (κ2) is 11.1. The molecule has 7 heteroatoms. The predicted molar refractivity (Wildman–Crippen MR) is 152 cm³/mol. The van der Waals surface area contributed by atoms with Crippen molar-refractivity contribution in [3.05, 3.63) is 77.9 Å². The molecule has 0 radical (unpaired) electrons. The zero-order chi connectivity index (χ0) is 26.6. The Morgan fingerprint density at radius 1 is 0.921 bits per heavy atom. The summed E-state index contributed by atoms with van der Waals surface area (Å²) in [6.45, 7) is 4.28. The van der Waals surface area contributed by atoms with Gasteiger partial charge in [0, 0.05) is 30.4 Å². The average Bonchev–Trinajstić information content (AvgIpc) is 2.98. The van der Waals surface area contributed by atoms with E-state index in [1.807, 2.05) is 6.07 Å². The molecule has 2 fully saturated rings. The Kier molecular flexibility index (Phi) is 7.68. The van der Waals surface area contributed by atoms with Crippen LogP contribution in [0.2, 0.25) is 0 Å². The standard InChI is InChI=1S/C31H38N4O3/c1-35(26-13-6-4-7-14-26)21-19-34(20-22-35)31(17-8-5-9-18-31)24-11-10-12-25(23-24)32-29(36)27-15-16-28(37-2)33-30(27)38-3/h4,6-7,10-16,23H,5,8-9,17-22H2,1-3H3/p+1. The van der Waals surface area contributed by atoms with Crippen molar-refractivity contribution in [3.63, 3.8) is 0 Å². The molecule has 2 aromatic carbocycles. The van der Waals surface area contributed by atoms with Crippen molar-refractivity contribution < 1.29 is 14.3 Å². The summed E-state index contributed by atoms with van der Waals surface area (Å²) in [5.74, 6) is 0.401. The van der Waals surface area contributed by atoms with Crippen molar-refractivity contribution in [2.75, 3.05) is 52.8 Å². The number of quaternary nitrogens is 1. The maximum atomic E-state index is 13.2. The number of ether oxygens (including phenoxy) is 2. The summed E-state index contributed by atoms with van der Waals surface area (Å²) in [6, 6.07) is 22.7. The number of piperazine rings is 1. The molecule has 2 heterocycles. The summed E-state index contributed by atoms with van der Waals surface area (Å²) in [5, 5.41) is 3.08. The van der Waals surface area contributed by atoms with Crippen LogP contribution >= 0.6 is 0 Å². The summed E-state index contributed by atoms with van der Waals surface area (Å²) >= 11 is 0. The third-order valence-corrected chi connectivity index (χ3v) is 8.53. The van der Waals surface area contributed by atoms with Crippen molar-refractivity contribution in [1.29, 1.82) is 0 Å². The van der Waals surface area contributed by atoms with Crippen LogP contribution in [-0.4, -0.2) is 63.2 Å². The number of likely N-dealkylation sites (N-methyl/N-ethyl adjacent to an activating group) is 1. The second-order valence-corrected chi connectivity index (χ2v) is 10.7. The van der Waals surface area contributed by atoms with Crippen LogP contribution in [0.25, 0.3) is 0 Å². The highest BCUT2D eigenvalue weighted by molar-refractivity contribution is 6.05. The summed E-state index contributed by atoms with van der Waals surface area (Å²) in [6.07, 6.45) is 6.04. The lowest BCUT2D eigenvalue weighted by molar-refractivity contribution is 0.0116. The van der Waals surface area contributed by atoms with Gasteiger partial charge < -0.3 is 14.8 Å². The van der Waals surface area contributed by atoms with Crippen LogP contribution in [0.5, 0.6) is 11.8 Å². The minimum Gasteiger partial charge on any atom is -0.481 e. The number of amides is 1. The van der Waals surface area contributed by atoms with E-state index in [2.05, 4.69) is 70.8 Å². The van der Waals surface area contributed by atoms with E-state index in [-0.39, 0.29) is 17.3 Å². The minimum atomic E-state index is -0.249. The summed E-state index contributed by atoms with van der Waals surface area (Å²) < 4.78 is 11.5. The number of rotatable bonds is 7. The lowest BCUT2D eigenvalue weighted by Gasteiger charge is -2.52. The molecule has 0 spiro atoms. The van der Waals surface area contributed by atoms with Crippen molar-refractivity contribution in [1.82, 2.24) is 14.4 Å². The van der Waals surface area contributed by atoms with Crippen molar-refractivity contribution >= 4 is 17.3 Å². The van der Waals surface area contributed by atoms with Gasteiger partial charge in [0.1, 0.15) is 11.3 Å². The van der Waals surface area contributed by atoms with Crippen LogP contribution in [-0.2, 0) is 5.54 Å². The van der Waals surface area contributed by atoms with Crippen LogP contribution in [0.4, 0.5) is 11.4 Å². The second-order valence-electron chi connectivity index (χ2n) is 10.7. The molecule has 38 heavy (non-hydrogen) atoms. The molecule has 2 aliphatic rings. The number of methoxy groups -OCH3 is 2. The van der Waals surface area contributed by atoms with Gasteiger partial charge in [-0.25, -0.2) is 0 Å². The predicted octanol–water partition coefficient (Wildman–Crippen LogP) is 5.46. The molecule has 3 aromatic rings. The first kappa shape index (κ1) is 26.2. The fourth-order valence-corrected chi connectivity index (χ4v) is 6.26. The Bertz CT molecular complexity index is 1250. The molecule has 1 saturated carbocycles. The fourth-order valence-electron chi connectivity index (χ4n) is 6.26. The minimum absolute atomic E-state index is 0.000282. The quantitative estimate of drug-likeness (QED) is 0.423. The van der Waals surface area contributed by atoms with Gasteiger partial charge in [0.25, 0.3) is 5.91 Å². The van der Waals surface area contributed by atoms with Crippen molar-refractivity contribution in [2.24, 2.45) is 0 Å². The third-order valence-electron chi connectivity index (χ3n) is 8.53. The molecule has 1 amide bonds. The molecule has 1 saturated heterocycles. The van der Waals surface area contributed by atoms with Crippen LogP contribution in [0.1, 0.15) is 48.0 Å². The normalized spacial score (nSPS) is 18.9. The van der Waals surface area contributed by atoms with Gasteiger partial charge in [0.15, 0.2) is 0 Å². The number of anilines is 1. The van der Waals surface area contributed by atoms with Crippen LogP contribution in [0, 0.1) is 0 Å². The van der Waals surface area contributed by atoms with Gasteiger partial charge in [0.2, 0.25) is 11.8 Å². The van der Waals surface area contributed by atoms with Gasteiger partial charge in [-0.1, -0.05) is 49.6 Å². The van der Waals surface area contributed by atoms with Gasteiger partial charge >= 0.3 is 0 Å². The largest absolute Gasteiger partial charge is 0.481 e. The zero-order valence-corrected chi connectivity index (χ0v) is 22.8. The number of hydrogen-bond donors (Lipinski definition) is 1. The van der Waals surface area contributed by atoms with Gasteiger partial charge in [-0.3, -0.25) is 14.2 Å². The molecule has 1 aliphatic heterocycles. The zero-order valence-electron chi connectivity index (χ0n) is 22.8. The Morgan fingerprint density at radius 3 is 2.34 bits per heavy atom. The van der Waals surface area contributed by atoms with E-state index in [1.54, 1.807) is 12.1 Å². The van der Waals surface area contributed by atoms with Gasteiger partial charge in [-0.15, -0.1) is 0 Å². The fraction of sp³-hybridized carbons (Fsp3) is 0.419. The molecule has 1 N–H and O–H groups in total. The Hall–Kier alpha value is -3.42. The molecule has 200 valence electrons. The van der Waals surface area contributed by atoms with E-state index < -0.39 is 0 Å². The number of pyridine rings is 1. The van der Waals surface area contributed by atoms with Gasteiger partial charge in [-0.2, -0.15) is 4.98 Å². The molecule has 7 nitrogen and oxygen atoms in total. The molecular weight excluding hydrogens is 476 g/mol. The molecule has 0 bridgehead atoms. The highest BCUT2D eigenvalue weighted by Crippen LogP contribution is 2.44. The Balaban J connectivity index is 1.38. The van der Waals surface area contributed by atoms with E-state index in [4.69, 9.17) is 9.47 Å². The first-order valence-electron chi connectivity index (χ1n) is 13.6. The molecule has 5 rings (SSSR count). The van der Waals surface area contributed by atoms with Crippen LogP contribution < -0.4 is 19.3 Å². The third kappa shape index (κ3) is 5.13. The van der Waals surface area contributed by atoms with E-state index in [1.165, 1.54) is 44.7 Å². The highest BCUT2D eigenvalue weighted by Gasteiger charge is 2.44. The van der Waals surface area contributed by atoms with E-state index in [0.717, 1.165) is 49.2 Å². The van der Waals surface area contributed by atoms with Crippen molar-refractivity contribution in [2.45, 2.75) is 37.6 Å². The number of aromatic nitrogens is 1. The van der Waals surface area contributed by atoms with Crippen LogP contribution in [0.3, 0.4) is 0 Å². The maximum absolute atomic E-state index is 13.2. The number of para-hydroxylation sites is 1. The molecule has 1 aromatic heterocycles. The maximum Gasteiger partial charge on any atom is 0.261 e. The molecule has 1 aliphatic carbocycles. The smallest absolute Gasteiger partial charge is 0.261 e. The number of hydrogen-bond acceptors (Lipinski definition) is 5. The summed E-state index contributed by atoms with van der Waals surface area (Å²) in [7, 11) is 5.41. The van der Waals surface area contributed by atoms with E-state index in [9.17, 15) is 4.79 Å². The Labute approximate surface area is 226 Å². The van der Waals surface area contributed by atoms with Crippen molar-refractivity contribution in [3.8, 4) is 11.8 Å². The Morgan fingerprint density at radius 2 is 1.66 bits per heavy atom. The van der Waals surface area contributed by atoms with Gasteiger partial charge in [-0.05, 0) is 48.7 Å². The van der Waals surface area contributed by atoms with E-state index >= 15 is 0 Å². The number of nitrogens with zero attached hydrogens (tertiary/aromatic N) is 3. The summed E-state index contributed by atoms with van der Waals surface area (Å²) in [5.41, 5.74) is 3.85. The molecule has 0 unspecified atom stereocenters. The first-order valence-corrected chi connectivity index (χ1v) is 13.6. The lowest BCUT2D eigenvalue weighted by atomic mass is 9.74. The number of carbonyl (C=O) groups excluding carboxylic acids is 1. The SMILES string of the molecule is COc1ccc(C(=O)Nc2cccc(C3(N4CC[N+](C)(c5ccccc5)CC4)CCCCC3)c2)c(OC)n1. The topological polar surface area (TPSA) is 63.7 Å². The molecule has 0 atom stereocenters. The molecular formula is C31H39N4O3+. The highest BCUT2D eigenvalue weighted by atomic mass is 16.5. The number of carbonyl (C=O) groups is 1. The van der Waals surface area contributed by atoms with Gasteiger partial charge in [0.05, 0.1) is 34.4 Å². The van der Waals surface area contributed by atoms with E-state index in [0.29, 0.717) is 11.4 Å². The average molecular weight is 516 g/mol. The monoisotopic (exact) mass is 515 g/mol. The first-order chi connectivity index (χ1) is 18.5. The number of benzene rings is 2. The lowest BCUT2D eigenvalue weighted by Crippen LogP contribution is -2.63. The number of nitrogens with one attached hydrogen (secondary N) is 1. The van der Waals surface area contributed by atoms with Crippen LogP contribution in [0.15, 0.2) is 66.7 Å². The summed E-state index contributed by atoms with van der Waals surface area (Å²) in [4.78, 5) is 20.2.